The van der Waals surface area contributed by atoms with Crippen LogP contribution in [0.25, 0.3) is 0 Å². The first-order valence-electron chi connectivity index (χ1n) is 10.1. The van der Waals surface area contributed by atoms with Gasteiger partial charge in [-0.1, -0.05) is 6.92 Å². The van der Waals surface area contributed by atoms with Crippen LogP contribution in [0.15, 0.2) is 12.1 Å². The number of amides is 2. The first-order chi connectivity index (χ1) is 13.3. The van der Waals surface area contributed by atoms with E-state index >= 15 is 0 Å². The van der Waals surface area contributed by atoms with Crippen LogP contribution >= 0.6 is 0 Å². The highest BCUT2D eigenvalue weighted by molar-refractivity contribution is 5.81. The Morgan fingerprint density at radius 1 is 1.25 bits per heavy atom. The summed E-state index contributed by atoms with van der Waals surface area (Å²) in [5.41, 5.74) is 2.03. The summed E-state index contributed by atoms with van der Waals surface area (Å²) in [6, 6.07) is 4.05. The molecule has 7 nitrogen and oxygen atoms in total. The van der Waals surface area contributed by atoms with E-state index < -0.39 is 0 Å². The second-order valence-electron chi connectivity index (χ2n) is 7.44. The molecule has 0 unspecified atom stereocenters. The van der Waals surface area contributed by atoms with Crippen molar-refractivity contribution < 1.29 is 19.1 Å². The first-order valence-corrected chi connectivity index (χ1v) is 10.1. The zero-order chi connectivity index (χ0) is 20.7. The number of hydrogen-bond acceptors (Lipinski definition) is 5. The number of carbonyl (C=O) groups is 2. The summed E-state index contributed by atoms with van der Waals surface area (Å²) in [6.07, 6.45) is 1.02. The van der Waals surface area contributed by atoms with Crippen molar-refractivity contribution in [3.63, 3.8) is 0 Å². The Balaban J connectivity index is 1.94. The van der Waals surface area contributed by atoms with E-state index in [-0.39, 0.29) is 37.0 Å². The molecule has 0 bridgehead atoms. The lowest BCUT2D eigenvalue weighted by Gasteiger charge is -2.20. The Kier molecular flexibility index (Phi) is 8.11. The van der Waals surface area contributed by atoms with Crippen LogP contribution in [-0.4, -0.2) is 55.1 Å². The van der Waals surface area contributed by atoms with Crippen LogP contribution in [0.4, 0.5) is 0 Å². The van der Waals surface area contributed by atoms with E-state index in [4.69, 9.17) is 9.47 Å². The van der Waals surface area contributed by atoms with Crippen molar-refractivity contribution in [2.45, 2.75) is 59.7 Å². The largest absolute Gasteiger partial charge is 0.494 e. The average Bonchev–Trinajstić information content (AvgIpc) is 2.97. The average molecular weight is 392 g/mol. The molecule has 2 N–H and O–H groups in total. The molecule has 1 aliphatic heterocycles. The van der Waals surface area contributed by atoms with E-state index in [1.807, 2.05) is 51.7 Å². The number of benzene rings is 1. The summed E-state index contributed by atoms with van der Waals surface area (Å²) in [5, 5.41) is 5.78. The molecule has 0 fully saturated rings. The number of nitrogens with zero attached hydrogens (tertiary/aromatic N) is 1. The maximum absolute atomic E-state index is 12.4. The van der Waals surface area contributed by atoms with Crippen molar-refractivity contribution in [2.24, 2.45) is 0 Å². The van der Waals surface area contributed by atoms with Gasteiger partial charge < -0.3 is 20.1 Å². The number of fused-ring (bicyclic) bond motifs is 1. The van der Waals surface area contributed by atoms with Gasteiger partial charge in [0.05, 0.1) is 19.7 Å². The second-order valence-corrected chi connectivity index (χ2v) is 7.44. The van der Waals surface area contributed by atoms with Crippen LogP contribution in [0.1, 0.15) is 45.7 Å². The van der Waals surface area contributed by atoms with Crippen LogP contribution < -0.4 is 20.1 Å². The smallest absolute Gasteiger partial charge is 0.234 e. The molecule has 0 saturated heterocycles. The van der Waals surface area contributed by atoms with Crippen molar-refractivity contribution in [2.75, 3.05) is 26.2 Å². The molecule has 0 spiro atoms. The van der Waals surface area contributed by atoms with E-state index in [0.29, 0.717) is 19.7 Å². The van der Waals surface area contributed by atoms with Crippen LogP contribution in [-0.2, 0) is 22.6 Å². The fourth-order valence-corrected chi connectivity index (χ4v) is 3.21. The fraction of sp³-hybridized carbons (Fsp3) is 0.619. The van der Waals surface area contributed by atoms with Crippen LogP contribution in [0, 0.1) is 0 Å². The summed E-state index contributed by atoms with van der Waals surface area (Å²) in [6.45, 7) is 11.7. The fourth-order valence-electron chi connectivity index (χ4n) is 3.21. The monoisotopic (exact) mass is 391 g/mol. The topological polar surface area (TPSA) is 79.9 Å². The minimum atomic E-state index is -0.128. The molecule has 7 heteroatoms. The van der Waals surface area contributed by atoms with Gasteiger partial charge in [0.25, 0.3) is 0 Å². The zero-order valence-electron chi connectivity index (χ0n) is 17.6. The Bertz CT molecular complexity index is 690. The van der Waals surface area contributed by atoms with Gasteiger partial charge in [-0.2, -0.15) is 0 Å². The van der Waals surface area contributed by atoms with E-state index in [2.05, 4.69) is 10.6 Å². The van der Waals surface area contributed by atoms with Crippen LogP contribution in [0.5, 0.6) is 11.5 Å². The van der Waals surface area contributed by atoms with E-state index in [1.165, 1.54) is 0 Å². The molecule has 1 aromatic carbocycles. The Labute approximate surface area is 167 Å². The van der Waals surface area contributed by atoms with Gasteiger partial charge in [-0.25, -0.2) is 0 Å². The number of carbonyl (C=O) groups excluding carboxylic acids is 2. The third-order valence-corrected chi connectivity index (χ3v) is 4.49. The molecule has 0 aromatic heterocycles. The summed E-state index contributed by atoms with van der Waals surface area (Å²) >= 11 is 0. The normalized spacial score (nSPS) is 15.3. The van der Waals surface area contributed by atoms with Crippen molar-refractivity contribution in [3.8, 4) is 11.5 Å². The van der Waals surface area contributed by atoms with Gasteiger partial charge in [-0.05, 0) is 46.4 Å². The molecule has 28 heavy (non-hydrogen) atoms. The highest BCUT2D eigenvalue weighted by atomic mass is 16.5. The molecular formula is C21H33N3O4. The maximum atomic E-state index is 12.4. The molecule has 1 heterocycles. The second kappa shape index (κ2) is 10.3. The Hall–Kier alpha value is -2.28. The first kappa shape index (κ1) is 22.0. The molecule has 0 saturated carbocycles. The molecular weight excluding hydrogens is 358 g/mol. The Morgan fingerprint density at radius 2 is 1.96 bits per heavy atom. The minimum absolute atomic E-state index is 0.0758. The summed E-state index contributed by atoms with van der Waals surface area (Å²) < 4.78 is 11.6. The lowest BCUT2D eigenvalue weighted by molar-refractivity contribution is -0.125. The number of likely N-dealkylation sites (N-methyl/N-ethyl adjacent to an activating group) is 1. The molecule has 1 atom stereocenters. The standard InChI is InChI=1S/C21H33N3O4/c1-6-24(13-21(26)23-14(3)4)12-20(25)22-11-17-10-19-16(8-15(5)28-19)9-18(17)27-7-2/h9-10,14-15H,6-8,11-13H2,1-5H3,(H,22,25)(H,23,26)/t15-/m0/s1. The third-order valence-electron chi connectivity index (χ3n) is 4.49. The maximum Gasteiger partial charge on any atom is 0.234 e. The molecule has 2 amide bonds. The summed E-state index contributed by atoms with van der Waals surface area (Å²) in [7, 11) is 0. The molecule has 1 aromatic rings. The van der Waals surface area contributed by atoms with Crippen LogP contribution in [0.3, 0.4) is 0 Å². The molecule has 1 aliphatic rings. The lowest BCUT2D eigenvalue weighted by Crippen LogP contribution is -2.44. The molecule has 2 rings (SSSR count). The van der Waals surface area contributed by atoms with Gasteiger partial charge in [0.1, 0.15) is 17.6 Å². The summed E-state index contributed by atoms with van der Waals surface area (Å²) in [5.74, 6) is 1.44. The lowest BCUT2D eigenvalue weighted by atomic mass is 10.1. The van der Waals surface area contributed by atoms with Gasteiger partial charge in [0, 0.05) is 30.1 Å². The number of rotatable bonds is 10. The van der Waals surface area contributed by atoms with Crippen LogP contribution in [0.2, 0.25) is 0 Å². The summed E-state index contributed by atoms with van der Waals surface area (Å²) in [4.78, 5) is 26.1. The SMILES string of the molecule is CCOc1cc2c(cc1CNC(=O)CN(CC)CC(=O)NC(C)C)O[C@@H](C)C2. The predicted molar refractivity (Wildman–Crippen MR) is 109 cm³/mol. The van der Waals surface area contributed by atoms with Gasteiger partial charge in [0.15, 0.2) is 0 Å². The minimum Gasteiger partial charge on any atom is -0.494 e. The van der Waals surface area contributed by atoms with Gasteiger partial charge in [-0.3, -0.25) is 14.5 Å². The molecule has 156 valence electrons. The predicted octanol–water partition coefficient (Wildman–Crippen LogP) is 1.87. The molecule has 0 aliphatic carbocycles. The number of ether oxygens (including phenoxy) is 2. The van der Waals surface area contributed by atoms with E-state index in [0.717, 1.165) is 29.0 Å². The molecule has 0 radical (unpaired) electrons. The van der Waals surface area contributed by atoms with Crippen molar-refractivity contribution in [1.82, 2.24) is 15.5 Å². The number of hydrogen-bond donors (Lipinski definition) is 2. The van der Waals surface area contributed by atoms with Crippen molar-refractivity contribution >= 4 is 11.8 Å². The highest BCUT2D eigenvalue weighted by Gasteiger charge is 2.22. The van der Waals surface area contributed by atoms with Crippen molar-refractivity contribution in [1.29, 1.82) is 0 Å². The zero-order valence-corrected chi connectivity index (χ0v) is 17.6. The number of nitrogens with one attached hydrogen (secondary N) is 2. The third kappa shape index (κ3) is 6.41. The highest BCUT2D eigenvalue weighted by Crippen LogP contribution is 2.35. The van der Waals surface area contributed by atoms with E-state index in [1.54, 1.807) is 0 Å². The van der Waals surface area contributed by atoms with Gasteiger partial charge >= 0.3 is 0 Å². The van der Waals surface area contributed by atoms with E-state index in [9.17, 15) is 9.59 Å². The van der Waals surface area contributed by atoms with Gasteiger partial charge in [0.2, 0.25) is 11.8 Å². The van der Waals surface area contributed by atoms with Crippen molar-refractivity contribution in [3.05, 3.63) is 23.3 Å². The van der Waals surface area contributed by atoms with Gasteiger partial charge in [-0.15, -0.1) is 0 Å². The quantitative estimate of drug-likeness (QED) is 0.637. The Morgan fingerprint density at radius 3 is 2.61 bits per heavy atom.